The lowest BCUT2D eigenvalue weighted by Gasteiger charge is -2.33. The molecule has 3 N–H and O–H groups in total. The third kappa shape index (κ3) is 6.65. The number of likely N-dealkylation sites (N-methyl/N-ethyl adjacent to an activating group) is 1. The number of halogens is 1. The molecule has 9 heteroatoms. The zero-order chi connectivity index (χ0) is 23.9. The first-order chi connectivity index (χ1) is 16.5. The molecule has 2 aliphatic rings. The van der Waals surface area contributed by atoms with E-state index in [-0.39, 0.29) is 17.9 Å². The summed E-state index contributed by atoms with van der Waals surface area (Å²) in [5, 5.41) is 2.98. The van der Waals surface area contributed by atoms with E-state index in [1.807, 2.05) is 31.4 Å². The van der Waals surface area contributed by atoms with Gasteiger partial charge >= 0.3 is 6.03 Å². The first-order valence-electron chi connectivity index (χ1n) is 12.1. The van der Waals surface area contributed by atoms with Gasteiger partial charge in [0.2, 0.25) is 0 Å². The molecule has 2 aliphatic heterocycles. The highest BCUT2D eigenvalue weighted by molar-refractivity contribution is 5.73. The van der Waals surface area contributed by atoms with Crippen LogP contribution in [-0.2, 0) is 6.54 Å². The second-order valence-corrected chi connectivity index (χ2v) is 9.37. The third-order valence-corrected chi connectivity index (χ3v) is 6.71. The number of carbonyl (C=O) groups excluding carboxylic acids is 1. The zero-order valence-electron chi connectivity index (χ0n) is 20.1. The van der Waals surface area contributed by atoms with Crippen molar-refractivity contribution in [1.29, 1.82) is 0 Å². The average Bonchev–Trinajstić information content (AvgIpc) is 3.32. The molecule has 2 fully saturated rings. The summed E-state index contributed by atoms with van der Waals surface area (Å²) < 4.78 is 13.5. The van der Waals surface area contributed by atoms with Crippen molar-refractivity contribution in [1.82, 2.24) is 31.0 Å². The van der Waals surface area contributed by atoms with Gasteiger partial charge in [0.25, 0.3) is 0 Å². The number of rotatable bonds is 8. The lowest BCUT2D eigenvalue weighted by molar-refractivity contribution is 0.207. The summed E-state index contributed by atoms with van der Waals surface area (Å²) in [7, 11) is 3.96. The molecular formula is C25H36FN7O. The van der Waals surface area contributed by atoms with E-state index in [1.54, 1.807) is 17.0 Å². The molecule has 0 saturated carbocycles. The fourth-order valence-corrected chi connectivity index (χ4v) is 4.49. The molecule has 0 bridgehead atoms. The van der Waals surface area contributed by atoms with Gasteiger partial charge in [0.1, 0.15) is 11.6 Å². The minimum Gasteiger partial charge on any atom is -0.354 e. The van der Waals surface area contributed by atoms with Crippen LogP contribution in [0.4, 0.5) is 15.0 Å². The van der Waals surface area contributed by atoms with Crippen LogP contribution in [0.3, 0.4) is 0 Å². The SMILES string of the molecule is CN1CCN(c2ccc(CNC(=O)N(C)CCCC3CC(c4cccc(F)c4)NN3)cn2)CC1. The maximum atomic E-state index is 13.5. The van der Waals surface area contributed by atoms with E-state index >= 15 is 0 Å². The zero-order valence-corrected chi connectivity index (χ0v) is 20.1. The van der Waals surface area contributed by atoms with Crippen molar-refractivity contribution in [2.75, 3.05) is 51.7 Å². The fourth-order valence-electron chi connectivity index (χ4n) is 4.49. The van der Waals surface area contributed by atoms with Gasteiger partial charge in [-0.25, -0.2) is 14.2 Å². The minimum absolute atomic E-state index is 0.0849. The van der Waals surface area contributed by atoms with E-state index < -0.39 is 0 Å². The number of pyridine rings is 1. The summed E-state index contributed by atoms with van der Waals surface area (Å²) >= 11 is 0. The number of piperazine rings is 1. The second kappa shape index (κ2) is 11.6. The van der Waals surface area contributed by atoms with Gasteiger partial charge in [0, 0.05) is 64.6 Å². The predicted molar refractivity (Wildman–Crippen MR) is 132 cm³/mol. The summed E-state index contributed by atoms with van der Waals surface area (Å²) in [5.41, 5.74) is 8.50. The Hall–Kier alpha value is -2.75. The summed E-state index contributed by atoms with van der Waals surface area (Å²) in [5.74, 6) is 0.784. The van der Waals surface area contributed by atoms with Crippen molar-refractivity contribution in [3.8, 4) is 0 Å². The summed E-state index contributed by atoms with van der Waals surface area (Å²) in [6.07, 6.45) is 4.58. The van der Waals surface area contributed by atoms with E-state index in [0.29, 0.717) is 19.1 Å². The number of hydrogen-bond acceptors (Lipinski definition) is 6. The van der Waals surface area contributed by atoms with Crippen LogP contribution in [0.5, 0.6) is 0 Å². The number of benzene rings is 1. The van der Waals surface area contributed by atoms with Crippen molar-refractivity contribution in [2.24, 2.45) is 0 Å². The fraction of sp³-hybridized carbons (Fsp3) is 0.520. The largest absolute Gasteiger partial charge is 0.354 e. The van der Waals surface area contributed by atoms with Crippen molar-refractivity contribution in [3.63, 3.8) is 0 Å². The molecule has 4 rings (SSSR count). The molecule has 34 heavy (non-hydrogen) atoms. The Balaban J connectivity index is 1.13. The Kier molecular flexibility index (Phi) is 8.31. The second-order valence-electron chi connectivity index (χ2n) is 9.37. The van der Waals surface area contributed by atoms with Crippen molar-refractivity contribution < 1.29 is 9.18 Å². The van der Waals surface area contributed by atoms with E-state index in [2.05, 4.69) is 38.0 Å². The molecule has 2 aromatic rings. The maximum absolute atomic E-state index is 13.5. The van der Waals surface area contributed by atoms with Crippen LogP contribution in [0.15, 0.2) is 42.6 Å². The summed E-state index contributed by atoms with van der Waals surface area (Å²) in [4.78, 5) is 23.4. The van der Waals surface area contributed by atoms with Crippen molar-refractivity contribution >= 4 is 11.8 Å². The lowest BCUT2D eigenvalue weighted by atomic mass is 9.99. The molecule has 2 saturated heterocycles. The maximum Gasteiger partial charge on any atom is 0.317 e. The molecule has 1 aromatic heterocycles. The third-order valence-electron chi connectivity index (χ3n) is 6.71. The van der Waals surface area contributed by atoms with Gasteiger partial charge in [-0.3, -0.25) is 10.9 Å². The number of hydrazine groups is 1. The van der Waals surface area contributed by atoms with Gasteiger partial charge in [-0.05, 0) is 55.6 Å². The first-order valence-corrected chi connectivity index (χ1v) is 12.1. The van der Waals surface area contributed by atoms with Gasteiger partial charge in [-0.1, -0.05) is 18.2 Å². The number of amides is 2. The number of hydrogen-bond donors (Lipinski definition) is 3. The van der Waals surface area contributed by atoms with E-state index in [9.17, 15) is 9.18 Å². The van der Waals surface area contributed by atoms with Crippen LogP contribution < -0.4 is 21.1 Å². The normalized spacial score (nSPS) is 21.0. The highest BCUT2D eigenvalue weighted by Gasteiger charge is 2.25. The van der Waals surface area contributed by atoms with Gasteiger partial charge in [-0.2, -0.15) is 0 Å². The summed E-state index contributed by atoms with van der Waals surface area (Å²) in [6.45, 7) is 5.21. The van der Waals surface area contributed by atoms with Crippen LogP contribution in [0, 0.1) is 5.82 Å². The molecule has 3 heterocycles. The number of nitrogens with zero attached hydrogens (tertiary/aromatic N) is 4. The van der Waals surface area contributed by atoms with Gasteiger partial charge in [-0.15, -0.1) is 0 Å². The highest BCUT2D eigenvalue weighted by atomic mass is 19.1. The van der Waals surface area contributed by atoms with Crippen LogP contribution >= 0.6 is 0 Å². The minimum atomic E-state index is -0.211. The Labute approximate surface area is 201 Å². The number of aromatic nitrogens is 1. The molecule has 0 radical (unpaired) electrons. The standard InChI is InChI=1S/C25H36FN7O/c1-31-11-13-33(14-12-31)24-9-8-19(17-27-24)18-28-25(34)32(2)10-4-7-22-16-23(30-29-22)20-5-3-6-21(26)15-20/h3,5-6,8-9,15,17,22-23,29-30H,4,7,10-14,16,18H2,1-2H3,(H,28,34). The quantitative estimate of drug-likeness (QED) is 0.552. The van der Waals surface area contributed by atoms with Gasteiger partial charge < -0.3 is 20.0 Å². The van der Waals surface area contributed by atoms with Crippen LogP contribution in [-0.4, -0.2) is 73.7 Å². The van der Waals surface area contributed by atoms with Crippen LogP contribution in [0.1, 0.15) is 36.4 Å². The Morgan fingerprint density at radius 1 is 1.21 bits per heavy atom. The molecule has 184 valence electrons. The number of urea groups is 1. The van der Waals surface area contributed by atoms with Gasteiger partial charge in [0.15, 0.2) is 0 Å². The summed E-state index contributed by atoms with van der Waals surface area (Å²) in [6, 6.07) is 11.1. The molecule has 2 unspecified atom stereocenters. The van der Waals surface area contributed by atoms with Crippen LogP contribution in [0.25, 0.3) is 0 Å². The monoisotopic (exact) mass is 469 g/mol. The average molecular weight is 470 g/mol. The van der Waals surface area contributed by atoms with E-state index in [0.717, 1.165) is 62.4 Å². The smallest absolute Gasteiger partial charge is 0.317 e. The van der Waals surface area contributed by atoms with Crippen LogP contribution in [0.2, 0.25) is 0 Å². The molecule has 0 aliphatic carbocycles. The number of nitrogens with one attached hydrogen (secondary N) is 3. The van der Waals surface area contributed by atoms with E-state index in [1.165, 1.54) is 6.07 Å². The molecule has 2 atom stereocenters. The number of carbonyl (C=O) groups is 1. The van der Waals surface area contributed by atoms with Gasteiger partial charge in [0.05, 0.1) is 0 Å². The lowest BCUT2D eigenvalue weighted by Crippen LogP contribution is -2.44. The first kappa shape index (κ1) is 24.4. The molecule has 1 aromatic carbocycles. The highest BCUT2D eigenvalue weighted by Crippen LogP contribution is 2.24. The topological polar surface area (TPSA) is 75.8 Å². The number of anilines is 1. The Bertz CT molecular complexity index is 933. The Morgan fingerprint density at radius 3 is 2.76 bits per heavy atom. The van der Waals surface area contributed by atoms with E-state index in [4.69, 9.17) is 0 Å². The van der Waals surface area contributed by atoms with Crippen molar-refractivity contribution in [2.45, 2.75) is 37.9 Å². The molecular weight excluding hydrogens is 433 g/mol. The Morgan fingerprint density at radius 2 is 2.03 bits per heavy atom. The van der Waals surface area contributed by atoms with Crippen molar-refractivity contribution in [3.05, 3.63) is 59.5 Å². The molecule has 8 nitrogen and oxygen atoms in total. The molecule has 2 amide bonds. The predicted octanol–water partition coefficient (Wildman–Crippen LogP) is 2.50. The molecule has 0 spiro atoms.